The fourth-order valence-electron chi connectivity index (χ4n) is 0.721. The maximum Gasteiger partial charge on any atom is 0.120 e. The molecule has 0 amide bonds. The molecule has 0 spiro atoms. The molecule has 0 N–H and O–H groups in total. The first kappa shape index (κ1) is 9.41. The second kappa shape index (κ2) is 8.41. The molecule has 0 bridgehead atoms. The monoisotopic (exact) mass is 140 g/mol. The summed E-state index contributed by atoms with van der Waals surface area (Å²) in [6.45, 7) is 2.16. The van der Waals surface area contributed by atoms with Gasteiger partial charge in [0.2, 0.25) is 0 Å². The zero-order chi connectivity index (χ0) is 7.66. The minimum atomic E-state index is 0.705. The average molecular weight is 140 g/mol. The summed E-state index contributed by atoms with van der Waals surface area (Å²) >= 11 is 0. The Hall–Kier alpha value is -0.590. The number of carbonyl (C=O) groups is 1. The highest BCUT2D eigenvalue weighted by Gasteiger charge is 1.80. The van der Waals surface area contributed by atoms with Crippen LogP contribution in [0, 0.1) is 0 Å². The van der Waals surface area contributed by atoms with Crippen LogP contribution in [0.25, 0.3) is 0 Å². The lowest BCUT2D eigenvalue weighted by Gasteiger charge is -1.86. The third kappa shape index (κ3) is 7.41. The van der Waals surface area contributed by atoms with Crippen LogP contribution >= 0.6 is 0 Å². The maximum atomic E-state index is 9.87. The van der Waals surface area contributed by atoms with Gasteiger partial charge in [-0.25, -0.2) is 0 Å². The van der Waals surface area contributed by atoms with E-state index in [2.05, 4.69) is 19.1 Å². The zero-order valence-corrected chi connectivity index (χ0v) is 6.68. The SMILES string of the molecule is CCC/C=C\CCCC=O. The molecule has 10 heavy (non-hydrogen) atoms. The molecular formula is C9H16O. The van der Waals surface area contributed by atoms with E-state index in [1.807, 2.05) is 0 Å². The van der Waals surface area contributed by atoms with Crippen LogP contribution in [0.1, 0.15) is 39.0 Å². The summed E-state index contributed by atoms with van der Waals surface area (Å²) in [4.78, 5) is 9.87. The lowest BCUT2D eigenvalue weighted by molar-refractivity contribution is -0.107. The van der Waals surface area contributed by atoms with Gasteiger partial charge in [-0.15, -0.1) is 0 Å². The van der Waals surface area contributed by atoms with Crippen LogP contribution in [0.2, 0.25) is 0 Å². The minimum Gasteiger partial charge on any atom is -0.303 e. The van der Waals surface area contributed by atoms with Gasteiger partial charge in [0.1, 0.15) is 6.29 Å². The van der Waals surface area contributed by atoms with Gasteiger partial charge in [-0.2, -0.15) is 0 Å². The van der Waals surface area contributed by atoms with Gasteiger partial charge in [0.25, 0.3) is 0 Å². The number of hydrogen-bond donors (Lipinski definition) is 0. The highest BCUT2D eigenvalue weighted by molar-refractivity contribution is 5.48. The minimum absolute atomic E-state index is 0.705. The van der Waals surface area contributed by atoms with Crippen molar-refractivity contribution in [3.05, 3.63) is 12.2 Å². The summed E-state index contributed by atoms with van der Waals surface area (Å²) in [5.74, 6) is 0. The Kier molecular flexibility index (Phi) is 7.91. The van der Waals surface area contributed by atoms with Crippen molar-refractivity contribution in [2.75, 3.05) is 0 Å². The van der Waals surface area contributed by atoms with Crippen LogP contribution in [0.15, 0.2) is 12.2 Å². The Morgan fingerprint density at radius 3 is 2.40 bits per heavy atom. The third-order valence-electron chi connectivity index (χ3n) is 1.31. The molecule has 0 aliphatic heterocycles. The summed E-state index contributed by atoms with van der Waals surface area (Å²) in [5, 5.41) is 0. The second-order valence-corrected chi connectivity index (χ2v) is 2.36. The van der Waals surface area contributed by atoms with Crippen molar-refractivity contribution in [1.29, 1.82) is 0 Å². The number of aldehydes is 1. The van der Waals surface area contributed by atoms with Crippen LogP contribution < -0.4 is 0 Å². The summed E-state index contributed by atoms with van der Waals surface area (Å²) in [6, 6.07) is 0. The van der Waals surface area contributed by atoms with E-state index in [-0.39, 0.29) is 0 Å². The largest absolute Gasteiger partial charge is 0.303 e. The van der Waals surface area contributed by atoms with E-state index in [0.717, 1.165) is 19.1 Å². The van der Waals surface area contributed by atoms with Crippen LogP contribution in [-0.2, 0) is 4.79 Å². The van der Waals surface area contributed by atoms with Crippen molar-refractivity contribution in [2.45, 2.75) is 39.0 Å². The average Bonchev–Trinajstić information content (AvgIpc) is 1.97. The van der Waals surface area contributed by atoms with Crippen molar-refractivity contribution in [2.24, 2.45) is 0 Å². The molecule has 1 nitrogen and oxygen atoms in total. The third-order valence-corrected chi connectivity index (χ3v) is 1.31. The molecule has 0 rings (SSSR count). The molecule has 0 aromatic carbocycles. The van der Waals surface area contributed by atoms with Crippen LogP contribution in [0.4, 0.5) is 0 Å². The Bertz CT molecular complexity index is 94.9. The van der Waals surface area contributed by atoms with E-state index in [9.17, 15) is 4.79 Å². The molecule has 0 aromatic heterocycles. The van der Waals surface area contributed by atoms with Crippen molar-refractivity contribution >= 4 is 6.29 Å². The first-order valence-electron chi connectivity index (χ1n) is 4.00. The molecule has 0 fully saturated rings. The number of unbranched alkanes of at least 4 members (excludes halogenated alkanes) is 3. The summed E-state index contributed by atoms with van der Waals surface area (Å²) in [7, 11) is 0. The highest BCUT2D eigenvalue weighted by atomic mass is 16.1. The molecular weight excluding hydrogens is 124 g/mol. The van der Waals surface area contributed by atoms with E-state index >= 15 is 0 Å². The molecule has 0 radical (unpaired) electrons. The number of rotatable bonds is 6. The van der Waals surface area contributed by atoms with Crippen LogP contribution in [0.5, 0.6) is 0 Å². The predicted octanol–water partition coefficient (Wildman–Crippen LogP) is 2.71. The van der Waals surface area contributed by atoms with Gasteiger partial charge in [0.15, 0.2) is 0 Å². The Morgan fingerprint density at radius 2 is 1.80 bits per heavy atom. The van der Waals surface area contributed by atoms with Crippen molar-refractivity contribution in [3.8, 4) is 0 Å². The topological polar surface area (TPSA) is 17.1 Å². The highest BCUT2D eigenvalue weighted by Crippen LogP contribution is 1.96. The Balaban J connectivity index is 2.94. The number of carbonyl (C=O) groups excluding carboxylic acids is 1. The summed E-state index contributed by atoms with van der Waals surface area (Å²) in [6.07, 6.45) is 10.5. The number of allylic oxidation sites excluding steroid dienone is 2. The second-order valence-electron chi connectivity index (χ2n) is 2.36. The predicted molar refractivity (Wildman–Crippen MR) is 44.0 cm³/mol. The fraction of sp³-hybridized carbons (Fsp3) is 0.667. The molecule has 1 heteroatoms. The van der Waals surface area contributed by atoms with Gasteiger partial charge in [-0.05, 0) is 19.3 Å². The van der Waals surface area contributed by atoms with Gasteiger partial charge < -0.3 is 4.79 Å². The first-order valence-corrected chi connectivity index (χ1v) is 4.00. The van der Waals surface area contributed by atoms with Gasteiger partial charge in [0.05, 0.1) is 0 Å². The zero-order valence-electron chi connectivity index (χ0n) is 6.68. The molecule has 0 atom stereocenters. The molecule has 0 saturated carbocycles. The van der Waals surface area contributed by atoms with Gasteiger partial charge in [-0.3, -0.25) is 0 Å². The summed E-state index contributed by atoms with van der Waals surface area (Å²) in [5.41, 5.74) is 0. The normalized spacial score (nSPS) is 10.5. The molecule has 0 aliphatic rings. The van der Waals surface area contributed by atoms with E-state index in [4.69, 9.17) is 0 Å². The van der Waals surface area contributed by atoms with Crippen LogP contribution in [-0.4, -0.2) is 6.29 Å². The van der Waals surface area contributed by atoms with E-state index in [1.165, 1.54) is 12.8 Å². The molecule has 0 unspecified atom stereocenters. The van der Waals surface area contributed by atoms with Crippen LogP contribution in [0.3, 0.4) is 0 Å². The molecule has 0 aliphatic carbocycles. The standard InChI is InChI=1S/C9H16O/c1-2-3-4-5-6-7-8-9-10/h4-5,9H,2-3,6-8H2,1H3/b5-4-. The lowest BCUT2D eigenvalue weighted by Crippen LogP contribution is -1.73. The Morgan fingerprint density at radius 1 is 1.10 bits per heavy atom. The quantitative estimate of drug-likeness (QED) is 0.315. The van der Waals surface area contributed by atoms with E-state index < -0.39 is 0 Å². The molecule has 0 aromatic rings. The molecule has 58 valence electrons. The van der Waals surface area contributed by atoms with Crippen molar-refractivity contribution < 1.29 is 4.79 Å². The fourth-order valence-corrected chi connectivity index (χ4v) is 0.721. The molecule has 0 heterocycles. The maximum absolute atomic E-state index is 9.87. The van der Waals surface area contributed by atoms with Gasteiger partial charge >= 0.3 is 0 Å². The van der Waals surface area contributed by atoms with Crippen molar-refractivity contribution in [1.82, 2.24) is 0 Å². The van der Waals surface area contributed by atoms with Gasteiger partial charge in [-0.1, -0.05) is 25.5 Å². The van der Waals surface area contributed by atoms with E-state index in [0.29, 0.717) is 6.42 Å². The lowest BCUT2D eigenvalue weighted by atomic mass is 10.2. The van der Waals surface area contributed by atoms with Crippen molar-refractivity contribution in [3.63, 3.8) is 0 Å². The molecule has 0 saturated heterocycles. The van der Waals surface area contributed by atoms with Gasteiger partial charge in [0, 0.05) is 6.42 Å². The Labute approximate surface area is 63.1 Å². The number of hydrogen-bond acceptors (Lipinski definition) is 1. The summed E-state index contributed by atoms with van der Waals surface area (Å²) < 4.78 is 0. The van der Waals surface area contributed by atoms with E-state index in [1.54, 1.807) is 0 Å². The smallest absolute Gasteiger partial charge is 0.120 e. The first-order chi connectivity index (χ1) is 4.91.